The van der Waals surface area contributed by atoms with E-state index in [4.69, 9.17) is 5.11 Å². The van der Waals surface area contributed by atoms with Gasteiger partial charge in [-0.25, -0.2) is 0 Å². The average Bonchev–Trinajstić information content (AvgIpc) is 3.01. The van der Waals surface area contributed by atoms with Crippen LogP contribution in [0.4, 0.5) is 0 Å². The number of nitrogens with zero attached hydrogens (tertiary/aromatic N) is 1. The summed E-state index contributed by atoms with van der Waals surface area (Å²) in [6.45, 7) is 6.29. The van der Waals surface area contributed by atoms with E-state index in [0.717, 1.165) is 25.9 Å². The molecule has 0 amide bonds. The predicted molar refractivity (Wildman–Crippen MR) is 64.2 cm³/mol. The van der Waals surface area contributed by atoms with Crippen molar-refractivity contribution >= 4 is 0 Å². The summed E-state index contributed by atoms with van der Waals surface area (Å²) < 4.78 is 0. The fourth-order valence-electron chi connectivity index (χ4n) is 2.98. The first-order valence-corrected chi connectivity index (χ1v) is 6.57. The highest BCUT2D eigenvalue weighted by atomic mass is 16.3. The van der Waals surface area contributed by atoms with E-state index in [9.17, 15) is 5.11 Å². The minimum atomic E-state index is -0.174. The fraction of sp³-hybridized carbons (Fsp3) is 1.00. The summed E-state index contributed by atoms with van der Waals surface area (Å²) in [6, 6.07) is 0.683. The molecule has 94 valence electrons. The summed E-state index contributed by atoms with van der Waals surface area (Å²) in [4.78, 5) is 2.37. The van der Waals surface area contributed by atoms with Crippen molar-refractivity contribution < 1.29 is 10.2 Å². The molecule has 0 spiro atoms. The molecule has 0 bridgehead atoms. The molecule has 0 heterocycles. The first kappa shape index (κ1) is 12.3. The van der Waals surface area contributed by atoms with Crippen LogP contribution in [0.15, 0.2) is 0 Å². The molecule has 3 heteroatoms. The molecule has 0 aromatic rings. The van der Waals surface area contributed by atoms with Crippen molar-refractivity contribution in [2.24, 2.45) is 11.3 Å². The molecular formula is C13H25NO2. The molecule has 0 radical (unpaired) electrons. The van der Waals surface area contributed by atoms with Crippen molar-refractivity contribution in [2.75, 3.05) is 19.7 Å². The Hall–Kier alpha value is -0.120. The normalized spacial score (nSPS) is 33.6. The van der Waals surface area contributed by atoms with Crippen LogP contribution in [0.25, 0.3) is 0 Å². The van der Waals surface area contributed by atoms with Gasteiger partial charge >= 0.3 is 0 Å². The summed E-state index contributed by atoms with van der Waals surface area (Å²) in [5, 5.41) is 19.3. The lowest BCUT2D eigenvalue weighted by Crippen LogP contribution is -2.39. The molecule has 2 saturated carbocycles. The number of rotatable bonds is 5. The summed E-state index contributed by atoms with van der Waals surface area (Å²) in [5.41, 5.74) is 0.0824. The highest BCUT2D eigenvalue weighted by molar-refractivity contribution is 4.94. The lowest BCUT2D eigenvalue weighted by molar-refractivity contribution is 0.0292. The minimum Gasteiger partial charge on any atom is -0.395 e. The van der Waals surface area contributed by atoms with Crippen LogP contribution in [0, 0.1) is 11.3 Å². The van der Waals surface area contributed by atoms with Crippen LogP contribution >= 0.6 is 0 Å². The summed E-state index contributed by atoms with van der Waals surface area (Å²) in [5.74, 6) is 0.405. The largest absolute Gasteiger partial charge is 0.395 e. The highest BCUT2D eigenvalue weighted by Gasteiger charge is 2.42. The van der Waals surface area contributed by atoms with E-state index in [-0.39, 0.29) is 18.1 Å². The second-order valence-electron chi connectivity index (χ2n) is 6.18. The highest BCUT2D eigenvalue weighted by Crippen LogP contribution is 2.42. The molecule has 2 rings (SSSR count). The Morgan fingerprint density at radius 2 is 1.94 bits per heavy atom. The Morgan fingerprint density at radius 1 is 1.25 bits per heavy atom. The fourth-order valence-corrected chi connectivity index (χ4v) is 2.98. The molecule has 3 nitrogen and oxygen atoms in total. The Labute approximate surface area is 98.5 Å². The van der Waals surface area contributed by atoms with Crippen molar-refractivity contribution in [1.29, 1.82) is 0 Å². The minimum absolute atomic E-state index is 0.0824. The quantitative estimate of drug-likeness (QED) is 0.742. The zero-order valence-electron chi connectivity index (χ0n) is 10.5. The van der Waals surface area contributed by atoms with Crippen molar-refractivity contribution in [3.8, 4) is 0 Å². The summed E-state index contributed by atoms with van der Waals surface area (Å²) >= 11 is 0. The monoisotopic (exact) mass is 227 g/mol. The van der Waals surface area contributed by atoms with Crippen LogP contribution in [0.1, 0.15) is 39.5 Å². The number of aliphatic hydroxyl groups is 2. The maximum atomic E-state index is 10.2. The van der Waals surface area contributed by atoms with Crippen LogP contribution in [-0.4, -0.2) is 47.0 Å². The van der Waals surface area contributed by atoms with E-state index >= 15 is 0 Å². The molecular weight excluding hydrogens is 202 g/mol. The zero-order chi connectivity index (χ0) is 11.8. The third-order valence-corrected chi connectivity index (χ3v) is 4.33. The van der Waals surface area contributed by atoms with Gasteiger partial charge in [-0.05, 0) is 37.0 Å². The maximum absolute atomic E-state index is 10.2. The van der Waals surface area contributed by atoms with Gasteiger partial charge in [-0.15, -0.1) is 0 Å². The van der Waals surface area contributed by atoms with Crippen LogP contribution in [0.5, 0.6) is 0 Å². The first-order chi connectivity index (χ1) is 7.54. The number of aliphatic hydroxyl groups excluding tert-OH is 2. The Bertz CT molecular complexity index is 238. The van der Waals surface area contributed by atoms with Gasteiger partial charge in [0.25, 0.3) is 0 Å². The van der Waals surface area contributed by atoms with E-state index in [1.165, 1.54) is 12.8 Å². The Balaban J connectivity index is 1.88. The lowest BCUT2D eigenvalue weighted by Gasteiger charge is -2.30. The van der Waals surface area contributed by atoms with Gasteiger partial charge < -0.3 is 10.2 Å². The molecule has 2 N–H and O–H groups in total. The van der Waals surface area contributed by atoms with Gasteiger partial charge in [-0.3, -0.25) is 4.90 Å². The Morgan fingerprint density at radius 3 is 2.38 bits per heavy atom. The molecule has 0 aromatic heterocycles. The molecule has 2 fully saturated rings. The van der Waals surface area contributed by atoms with E-state index < -0.39 is 0 Å². The first-order valence-electron chi connectivity index (χ1n) is 6.57. The van der Waals surface area contributed by atoms with Gasteiger partial charge in [0, 0.05) is 19.1 Å². The van der Waals surface area contributed by atoms with E-state index in [0.29, 0.717) is 12.0 Å². The molecule has 2 aliphatic rings. The van der Waals surface area contributed by atoms with E-state index in [2.05, 4.69) is 18.7 Å². The number of hydrogen-bond donors (Lipinski definition) is 2. The molecule has 16 heavy (non-hydrogen) atoms. The number of hydrogen-bond acceptors (Lipinski definition) is 3. The van der Waals surface area contributed by atoms with Gasteiger partial charge in [-0.2, -0.15) is 0 Å². The molecule has 0 aromatic carbocycles. The second-order valence-corrected chi connectivity index (χ2v) is 6.18. The maximum Gasteiger partial charge on any atom is 0.0631 e. The standard InChI is InChI=1S/C13H25NO2/c1-13(2)6-5-10(12(13)16)9-14(7-8-15)11-3-4-11/h10-12,15-16H,3-9H2,1-2H3. The van der Waals surface area contributed by atoms with Crippen molar-refractivity contribution in [3.05, 3.63) is 0 Å². The predicted octanol–water partition coefficient (Wildman–Crippen LogP) is 1.24. The molecule has 0 saturated heterocycles. The van der Waals surface area contributed by atoms with E-state index in [1.807, 2.05) is 0 Å². The third kappa shape index (κ3) is 2.58. The van der Waals surface area contributed by atoms with Crippen LogP contribution in [-0.2, 0) is 0 Å². The van der Waals surface area contributed by atoms with Crippen LogP contribution < -0.4 is 0 Å². The topological polar surface area (TPSA) is 43.7 Å². The van der Waals surface area contributed by atoms with Gasteiger partial charge in [0.05, 0.1) is 12.7 Å². The summed E-state index contributed by atoms with van der Waals surface area (Å²) in [7, 11) is 0. The van der Waals surface area contributed by atoms with Crippen molar-refractivity contribution in [2.45, 2.75) is 51.7 Å². The van der Waals surface area contributed by atoms with Gasteiger partial charge in [0.1, 0.15) is 0 Å². The molecule has 2 unspecified atom stereocenters. The third-order valence-electron chi connectivity index (χ3n) is 4.33. The molecule has 0 aliphatic heterocycles. The second kappa shape index (κ2) is 4.63. The van der Waals surface area contributed by atoms with Gasteiger partial charge in [0.2, 0.25) is 0 Å². The van der Waals surface area contributed by atoms with E-state index in [1.54, 1.807) is 0 Å². The van der Waals surface area contributed by atoms with Crippen LogP contribution in [0.2, 0.25) is 0 Å². The van der Waals surface area contributed by atoms with Gasteiger partial charge in [0.15, 0.2) is 0 Å². The van der Waals surface area contributed by atoms with Gasteiger partial charge in [-0.1, -0.05) is 13.8 Å². The SMILES string of the molecule is CC1(C)CCC(CN(CCO)C2CC2)C1O. The molecule has 2 atom stereocenters. The zero-order valence-corrected chi connectivity index (χ0v) is 10.5. The molecule has 2 aliphatic carbocycles. The van der Waals surface area contributed by atoms with Crippen molar-refractivity contribution in [3.63, 3.8) is 0 Å². The lowest BCUT2D eigenvalue weighted by atomic mass is 9.87. The Kier molecular flexibility index (Phi) is 3.57. The smallest absolute Gasteiger partial charge is 0.0631 e. The average molecular weight is 227 g/mol. The summed E-state index contributed by atoms with van der Waals surface area (Å²) in [6.07, 6.45) is 4.62. The van der Waals surface area contributed by atoms with Crippen molar-refractivity contribution in [1.82, 2.24) is 4.90 Å². The van der Waals surface area contributed by atoms with Crippen LogP contribution in [0.3, 0.4) is 0 Å².